The van der Waals surface area contributed by atoms with Gasteiger partial charge in [-0.15, -0.1) is 0 Å². The maximum absolute atomic E-state index is 12.4. The zero-order valence-corrected chi connectivity index (χ0v) is 11.7. The van der Waals surface area contributed by atoms with E-state index in [1.807, 2.05) is 6.92 Å². The van der Waals surface area contributed by atoms with Gasteiger partial charge in [-0.25, -0.2) is 0 Å². The molecule has 1 aromatic heterocycles. The van der Waals surface area contributed by atoms with Crippen LogP contribution in [0.3, 0.4) is 0 Å². The summed E-state index contributed by atoms with van der Waals surface area (Å²) >= 11 is 0. The first-order valence-electron chi connectivity index (χ1n) is 5.98. The van der Waals surface area contributed by atoms with E-state index in [-0.39, 0.29) is 12.5 Å². The van der Waals surface area contributed by atoms with Gasteiger partial charge in [-0.1, -0.05) is 0 Å². The number of nitrogens with two attached hydrogens (primary N) is 1. The number of rotatable bonds is 4. The largest absolute Gasteiger partial charge is 0.395 e. The average molecular weight is 254 g/mol. The molecule has 6 nitrogen and oxygen atoms in total. The Morgan fingerprint density at radius 3 is 2.44 bits per heavy atom. The zero-order valence-electron chi connectivity index (χ0n) is 11.7. The van der Waals surface area contributed by atoms with Gasteiger partial charge in [0.05, 0.1) is 17.0 Å². The highest BCUT2D eigenvalue weighted by Crippen LogP contribution is 2.18. The van der Waals surface area contributed by atoms with Crippen molar-refractivity contribution in [3.05, 3.63) is 11.4 Å². The molecule has 0 aliphatic carbocycles. The van der Waals surface area contributed by atoms with Gasteiger partial charge >= 0.3 is 0 Å². The van der Waals surface area contributed by atoms with Gasteiger partial charge < -0.3 is 15.7 Å². The molecular weight excluding hydrogens is 232 g/mol. The molecule has 1 rings (SSSR count). The zero-order chi connectivity index (χ0) is 14.1. The monoisotopic (exact) mass is 254 g/mol. The molecule has 0 spiro atoms. The van der Waals surface area contributed by atoms with Gasteiger partial charge in [-0.05, 0) is 27.7 Å². The Hall–Kier alpha value is -1.56. The van der Waals surface area contributed by atoms with Crippen molar-refractivity contribution in [2.45, 2.75) is 33.3 Å². The number of anilines is 1. The second-order valence-corrected chi connectivity index (χ2v) is 5.10. The molecule has 0 bridgehead atoms. The van der Waals surface area contributed by atoms with E-state index in [0.29, 0.717) is 23.6 Å². The number of likely N-dealkylation sites (N-methyl/N-ethyl adjacent to an activating group) is 1. The standard InChI is InChI=1S/C12H22N4O2/c1-6-16(7-12(3,4)18)11(17)10-9(13)8(2)14-15(10)5/h18H,6-7,13H2,1-5H3. The Labute approximate surface area is 107 Å². The summed E-state index contributed by atoms with van der Waals surface area (Å²) in [4.78, 5) is 13.9. The number of hydrogen-bond donors (Lipinski definition) is 2. The lowest BCUT2D eigenvalue weighted by molar-refractivity contribution is 0.0309. The number of nitrogen functional groups attached to an aromatic ring is 1. The van der Waals surface area contributed by atoms with Gasteiger partial charge in [0, 0.05) is 20.1 Å². The maximum Gasteiger partial charge on any atom is 0.274 e. The summed E-state index contributed by atoms with van der Waals surface area (Å²) in [5.41, 5.74) is 6.34. The van der Waals surface area contributed by atoms with Crippen molar-refractivity contribution in [2.75, 3.05) is 18.8 Å². The van der Waals surface area contributed by atoms with Crippen molar-refractivity contribution in [2.24, 2.45) is 7.05 Å². The quantitative estimate of drug-likeness (QED) is 0.821. The Morgan fingerprint density at radius 1 is 1.56 bits per heavy atom. The molecule has 0 radical (unpaired) electrons. The van der Waals surface area contributed by atoms with Crippen LogP contribution in [0.2, 0.25) is 0 Å². The van der Waals surface area contributed by atoms with Crippen LogP contribution in [-0.4, -0.2) is 44.4 Å². The predicted molar refractivity (Wildman–Crippen MR) is 70.2 cm³/mol. The molecule has 18 heavy (non-hydrogen) atoms. The van der Waals surface area contributed by atoms with Crippen LogP contribution in [0.25, 0.3) is 0 Å². The van der Waals surface area contributed by atoms with E-state index >= 15 is 0 Å². The lowest BCUT2D eigenvalue weighted by Gasteiger charge is -2.28. The van der Waals surface area contributed by atoms with Crippen LogP contribution in [0.1, 0.15) is 37.0 Å². The van der Waals surface area contributed by atoms with Crippen molar-refractivity contribution in [3.8, 4) is 0 Å². The number of carbonyl (C=O) groups is 1. The molecule has 0 aliphatic rings. The first-order valence-corrected chi connectivity index (χ1v) is 5.98. The molecule has 0 atom stereocenters. The van der Waals surface area contributed by atoms with Crippen LogP contribution in [-0.2, 0) is 7.05 Å². The summed E-state index contributed by atoms with van der Waals surface area (Å²) < 4.78 is 1.49. The maximum atomic E-state index is 12.4. The van der Waals surface area contributed by atoms with Crippen LogP contribution in [0.4, 0.5) is 5.69 Å². The lowest BCUT2D eigenvalue weighted by atomic mass is 10.1. The summed E-state index contributed by atoms with van der Waals surface area (Å²) in [7, 11) is 1.69. The van der Waals surface area contributed by atoms with Gasteiger partial charge in [-0.3, -0.25) is 9.48 Å². The topological polar surface area (TPSA) is 84.4 Å². The Bertz CT molecular complexity index is 446. The second-order valence-electron chi connectivity index (χ2n) is 5.10. The molecule has 6 heteroatoms. The van der Waals surface area contributed by atoms with Crippen LogP contribution >= 0.6 is 0 Å². The fourth-order valence-corrected chi connectivity index (χ4v) is 1.87. The van der Waals surface area contributed by atoms with Gasteiger partial charge in [0.15, 0.2) is 0 Å². The fraction of sp³-hybridized carbons (Fsp3) is 0.667. The van der Waals surface area contributed by atoms with Gasteiger partial charge in [0.1, 0.15) is 5.69 Å². The molecule has 0 unspecified atom stereocenters. The minimum Gasteiger partial charge on any atom is -0.395 e. The molecule has 1 amide bonds. The summed E-state index contributed by atoms with van der Waals surface area (Å²) in [6, 6.07) is 0. The summed E-state index contributed by atoms with van der Waals surface area (Å²) in [5.74, 6) is -0.208. The molecule has 0 aliphatic heterocycles. The molecule has 1 heterocycles. The predicted octanol–water partition coefficient (Wildman–Crippen LogP) is 0.544. The first-order chi connectivity index (χ1) is 8.17. The summed E-state index contributed by atoms with van der Waals surface area (Å²) in [6.07, 6.45) is 0. The third kappa shape index (κ3) is 3.01. The number of aryl methyl sites for hydroxylation is 2. The molecule has 102 valence electrons. The van der Waals surface area contributed by atoms with Gasteiger partial charge in [0.2, 0.25) is 0 Å². The van der Waals surface area contributed by atoms with Crippen molar-refractivity contribution >= 4 is 11.6 Å². The molecule has 0 saturated carbocycles. The summed E-state index contributed by atoms with van der Waals surface area (Å²) in [6.45, 7) is 7.72. The van der Waals surface area contributed by atoms with Crippen LogP contribution < -0.4 is 5.73 Å². The Kier molecular flexibility index (Phi) is 4.01. The highest BCUT2D eigenvalue weighted by molar-refractivity contribution is 5.98. The second kappa shape index (κ2) is 4.97. The third-order valence-electron chi connectivity index (χ3n) is 2.72. The highest BCUT2D eigenvalue weighted by Gasteiger charge is 2.26. The minimum absolute atomic E-state index is 0.208. The SMILES string of the molecule is CCN(CC(C)(C)O)C(=O)c1c(N)c(C)nn1C. The molecule has 0 aromatic carbocycles. The number of aliphatic hydroxyl groups is 1. The van der Waals surface area contributed by atoms with E-state index in [1.165, 1.54) is 4.68 Å². The van der Waals surface area contributed by atoms with Crippen LogP contribution in [0.15, 0.2) is 0 Å². The lowest BCUT2D eigenvalue weighted by Crippen LogP contribution is -2.42. The molecule has 0 fully saturated rings. The van der Waals surface area contributed by atoms with Crippen LogP contribution in [0, 0.1) is 6.92 Å². The van der Waals surface area contributed by atoms with E-state index in [4.69, 9.17) is 5.73 Å². The fourth-order valence-electron chi connectivity index (χ4n) is 1.87. The van der Waals surface area contributed by atoms with Crippen molar-refractivity contribution in [1.82, 2.24) is 14.7 Å². The number of carbonyl (C=O) groups excluding carboxylic acids is 1. The number of hydrogen-bond acceptors (Lipinski definition) is 4. The van der Waals surface area contributed by atoms with Crippen molar-refractivity contribution in [1.29, 1.82) is 0 Å². The number of amides is 1. The Balaban J connectivity index is 3.04. The summed E-state index contributed by atoms with van der Waals surface area (Å²) in [5, 5.41) is 13.9. The van der Waals surface area contributed by atoms with E-state index in [1.54, 1.807) is 32.7 Å². The molecule has 3 N–H and O–H groups in total. The van der Waals surface area contributed by atoms with E-state index in [2.05, 4.69) is 5.10 Å². The normalized spacial score (nSPS) is 11.7. The minimum atomic E-state index is -0.936. The number of nitrogens with zero attached hydrogens (tertiary/aromatic N) is 3. The third-order valence-corrected chi connectivity index (χ3v) is 2.72. The number of aromatic nitrogens is 2. The van der Waals surface area contributed by atoms with Crippen LogP contribution in [0.5, 0.6) is 0 Å². The van der Waals surface area contributed by atoms with Gasteiger partial charge in [-0.2, -0.15) is 5.10 Å². The van der Waals surface area contributed by atoms with Gasteiger partial charge in [0.25, 0.3) is 5.91 Å². The highest BCUT2D eigenvalue weighted by atomic mass is 16.3. The molecule has 1 aromatic rings. The molecular formula is C12H22N4O2. The van der Waals surface area contributed by atoms with Crippen molar-refractivity contribution in [3.63, 3.8) is 0 Å². The van der Waals surface area contributed by atoms with E-state index < -0.39 is 5.60 Å². The first kappa shape index (κ1) is 14.5. The van der Waals surface area contributed by atoms with Crippen molar-refractivity contribution < 1.29 is 9.90 Å². The smallest absolute Gasteiger partial charge is 0.274 e. The van der Waals surface area contributed by atoms with E-state index in [0.717, 1.165) is 0 Å². The average Bonchev–Trinajstić information content (AvgIpc) is 2.48. The van der Waals surface area contributed by atoms with E-state index in [9.17, 15) is 9.90 Å². The Morgan fingerprint density at radius 2 is 2.11 bits per heavy atom. The molecule has 0 saturated heterocycles.